The summed E-state index contributed by atoms with van der Waals surface area (Å²) >= 11 is 0. The molecule has 0 fully saturated rings. The molecule has 0 aromatic heterocycles. The Balaban J connectivity index is 3.43. The molecule has 0 heterocycles. The number of hydrogen-bond acceptors (Lipinski definition) is 4. The lowest BCUT2D eigenvalue weighted by Crippen LogP contribution is -1.94. The molecule has 68 valence electrons. The Morgan fingerprint density at radius 1 is 1.31 bits per heavy atom. The van der Waals surface area contributed by atoms with Crippen LogP contribution in [0.3, 0.4) is 0 Å². The molecule has 0 unspecified atom stereocenters. The molecule has 0 aliphatic heterocycles. The summed E-state index contributed by atoms with van der Waals surface area (Å²) in [5.74, 6) is 0. The minimum Gasteiger partial charge on any atom is -0.258 e. The molecule has 0 amide bonds. The number of non-ortho nitro benzene ring substituents is 1. The third kappa shape index (κ3) is 1.78. The molecule has 0 aliphatic carbocycles. The summed E-state index contributed by atoms with van der Waals surface area (Å²) in [6.45, 7) is -2.67. The van der Waals surface area contributed by atoms with E-state index < -0.39 is 33.6 Å². The van der Waals surface area contributed by atoms with Gasteiger partial charge in [0.2, 0.25) is 0 Å². The van der Waals surface area contributed by atoms with Gasteiger partial charge in [0.1, 0.15) is 0 Å². The first-order valence-electron chi connectivity index (χ1n) is 4.67. The molecule has 0 saturated carbocycles. The van der Waals surface area contributed by atoms with E-state index in [0.717, 1.165) is 12.1 Å². The fourth-order valence-electron chi connectivity index (χ4n) is 0.785. The summed E-state index contributed by atoms with van der Waals surface area (Å²) in [6, 6.07) is 2.44. The zero-order valence-electron chi connectivity index (χ0n) is 9.26. The van der Waals surface area contributed by atoms with Crippen LogP contribution in [0.15, 0.2) is 18.2 Å². The van der Waals surface area contributed by atoms with Gasteiger partial charge in [0, 0.05) is 15.7 Å². The van der Waals surface area contributed by atoms with Crippen molar-refractivity contribution in [1.82, 2.24) is 0 Å². The summed E-state index contributed by atoms with van der Waals surface area (Å²) < 4.78 is 21.1. The van der Waals surface area contributed by atoms with Crippen LogP contribution >= 0.6 is 0 Å². The van der Waals surface area contributed by atoms with E-state index in [-0.39, 0.29) is 0 Å². The van der Waals surface area contributed by atoms with Crippen LogP contribution < -0.4 is 0 Å². The minimum absolute atomic E-state index is 0.511. The van der Waals surface area contributed by atoms with Crippen LogP contribution in [0.5, 0.6) is 0 Å². The van der Waals surface area contributed by atoms with Gasteiger partial charge in [-0.2, -0.15) is 0 Å². The first kappa shape index (κ1) is 5.63. The quantitative estimate of drug-likeness (QED) is 0.519. The van der Waals surface area contributed by atoms with E-state index in [9.17, 15) is 20.2 Å². The van der Waals surface area contributed by atoms with E-state index in [1.165, 1.54) is 0 Å². The molecule has 6 nitrogen and oxygen atoms in total. The molecule has 0 radical (unpaired) electrons. The lowest BCUT2D eigenvalue weighted by atomic mass is 10.2. The van der Waals surface area contributed by atoms with Crippen molar-refractivity contribution in [3.63, 3.8) is 0 Å². The third-order valence-corrected chi connectivity index (χ3v) is 1.39. The average molecular weight is 185 g/mol. The fraction of sp³-hybridized carbons (Fsp3) is 0.143. The fourth-order valence-corrected chi connectivity index (χ4v) is 0.785. The number of rotatable bonds is 2. The largest absolute Gasteiger partial charge is 0.279 e. The summed E-state index contributed by atoms with van der Waals surface area (Å²) in [5, 5.41) is 21.0. The molecule has 0 aliphatic rings. The highest BCUT2D eigenvalue weighted by atomic mass is 16.6. The van der Waals surface area contributed by atoms with Gasteiger partial charge in [-0.3, -0.25) is 20.2 Å². The second kappa shape index (κ2) is 3.18. The normalized spacial score (nSPS) is 14.0. The summed E-state index contributed by atoms with van der Waals surface area (Å²) in [7, 11) is 0. The molecule has 0 N–H and O–H groups in total. The smallest absolute Gasteiger partial charge is 0.258 e. The number of aryl methyl sites for hydroxylation is 1. The highest BCUT2D eigenvalue weighted by Crippen LogP contribution is 2.23. The summed E-state index contributed by atoms with van der Waals surface area (Å²) in [6.07, 6.45) is 0. The number of hydrogen-bond donors (Lipinski definition) is 0. The van der Waals surface area contributed by atoms with Gasteiger partial charge in [0.05, 0.1) is 15.9 Å². The van der Waals surface area contributed by atoms with Crippen LogP contribution in [0.1, 0.15) is 9.68 Å². The SMILES string of the molecule is [2H]C([2H])([2H])c1ccc([N+](=O)[O-])cc1[N+](=O)[O-]. The molecule has 0 atom stereocenters. The first-order valence-corrected chi connectivity index (χ1v) is 3.17. The van der Waals surface area contributed by atoms with Gasteiger partial charge in [-0.1, -0.05) is 0 Å². The lowest BCUT2D eigenvalue weighted by molar-refractivity contribution is -0.394. The maximum Gasteiger partial charge on any atom is 0.279 e. The Labute approximate surface area is 77.3 Å². The Kier molecular flexibility index (Phi) is 1.38. The van der Waals surface area contributed by atoms with Crippen LogP contribution in [0, 0.1) is 27.1 Å². The molecule has 0 bridgehead atoms. The van der Waals surface area contributed by atoms with E-state index in [2.05, 4.69) is 0 Å². The van der Waals surface area contributed by atoms with Gasteiger partial charge in [-0.15, -0.1) is 0 Å². The number of nitro benzene ring substituents is 2. The van der Waals surface area contributed by atoms with Crippen molar-refractivity contribution < 1.29 is 14.0 Å². The molecular formula is C7H6N2O4. The van der Waals surface area contributed by atoms with Gasteiger partial charge in [0.15, 0.2) is 0 Å². The van der Waals surface area contributed by atoms with Crippen LogP contribution in [0.2, 0.25) is 0 Å². The van der Waals surface area contributed by atoms with E-state index in [4.69, 9.17) is 4.11 Å². The molecule has 6 heteroatoms. The Morgan fingerprint density at radius 2 is 2.00 bits per heavy atom. The second-order valence-corrected chi connectivity index (χ2v) is 2.22. The van der Waals surface area contributed by atoms with Gasteiger partial charge < -0.3 is 0 Å². The monoisotopic (exact) mass is 185 g/mol. The van der Waals surface area contributed by atoms with Crippen molar-refractivity contribution in [3.8, 4) is 0 Å². The zero-order chi connectivity index (χ0) is 12.5. The first-order chi connectivity index (χ1) is 7.23. The number of nitrogens with zero attached hydrogens (tertiary/aromatic N) is 2. The Hall–Kier alpha value is -1.98. The molecule has 1 aromatic carbocycles. The van der Waals surface area contributed by atoms with Gasteiger partial charge >= 0.3 is 0 Å². The highest BCUT2D eigenvalue weighted by Gasteiger charge is 2.15. The summed E-state index contributed by atoms with van der Waals surface area (Å²) in [5.41, 5.74) is -1.79. The average Bonchev–Trinajstić information content (AvgIpc) is 2.15. The lowest BCUT2D eigenvalue weighted by Gasteiger charge is -1.95. The second-order valence-electron chi connectivity index (χ2n) is 2.22. The maximum atomic E-state index is 10.6. The van der Waals surface area contributed by atoms with Crippen molar-refractivity contribution >= 4 is 11.4 Å². The van der Waals surface area contributed by atoms with E-state index in [1.54, 1.807) is 0 Å². The van der Waals surface area contributed by atoms with Crippen LogP contribution in [0.4, 0.5) is 11.4 Å². The zero-order valence-corrected chi connectivity index (χ0v) is 6.26. The Morgan fingerprint density at radius 3 is 2.46 bits per heavy atom. The molecule has 13 heavy (non-hydrogen) atoms. The predicted molar refractivity (Wildman–Crippen MR) is 44.5 cm³/mol. The standard InChI is InChI=1S/C7H6N2O4/c1-5-2-3-6(8(10)11)4-7(5)9(12)13/h2-4H,1H3/i1D3. The number of benzene rings is 1. The van der Waals surface area contributed by atoms with Crippen molar-refractivity contribution in [1.29, 1.82) is 0 Å². The predicted octanol–water partition coefficient (Wildman–Crippen LogP) is 1.81. The molecular weight excluding hydrogens is 176 g/mol. The van der Waals surface area contributed by atoms with Crippen LogP contribution in [-0.4, -0.2) is 9.85 Å². The van der Waals surface area contributed by atoms with E-state index >= 15 is 0 Å². The number of nitro groups is 2. The summed E-state index contributed by atoms with van der Waals surface area (Å²) in [4.78, 5) is 19.2. The third-order valence-electron chi connectivity index (χ3n) is 1.39. The molecule has 0 spiro atoms. The topological polar surface area (TPSA) is 86.3 Å². The van der Waals surface area contributed by atoms with E-state index in [1.807, 2.05) is 0 Å². The highest BCUT2D eigenvalue weighted by molar-refractivity contribution is 5.48. The Bertz CT molecular complexity index is 457. The van der Waals surface area contributed by atoms with Crippen molar-refractivity contribution in [2.75, 3.05) is 0 Å². The van der Waals surface area contributed by atoms with E-state index in [0.29, 0.717) is 6.07 Å². The van der Waals surface area contributed by atoms with Crippen molar-refractivity contribution in [2.24, 2.45) is 0 Å². The van der Waals surface area contributed by atoms with Gasteiger partial charge in [-0.05, 0) is 12.9 Å². The minimum atomic E-state index is -2.67. The van der Waals surface area contributed by atoms with Crippen molar-refractivity contribution in [3.05, 3.63) is 44.0 Å². The van der Waals surface area contributed by atoms with Gasteiger partial charge in [0.25, 0.3) is 11.4 Å². The molecule has 0 saturated heterocycles. The maximum absolute atomic E-state index is 10.6. The molecule has 1 rings (SSSR count). The van der Waals surface area contributed by atoms with Crippen LogP contribution in [0.25, 0.3) is 0 Å². The van der Waals surface area contributed by atoms with Crippen LogP contribution in [-0.2, 0) is 0 Å². The molecule has 1 aromatic rings. The van der Waals surface area contributed by atoms with Crippen molar-refractivity contribution in [2.45, 2.75) is 6.85 Å². The van der Waals surface area contributed by atoms with Gasteiger partial charge in [-0.25, -0.2) is 0 Å².